The number of carboxylic acid groups (broad SMARTS) is 1. The van der Waals surface area contributed by atoms with Crippen molar-refractivity contribution in [1.29, 1.82) is 0 Å². The number of rotatable bonds is 6. The highest BCUT2D eigenvalue weighted by Crippen LogP contribution is 2.34. The van der Waals surface area contributed by atoms with Crippen molar-refractivity contribution in [3.05, 3.63) is 60.4 Å². The molecule has 0 bridgehead atoms. The number of ether oxygens (including phenoxy) is 2. The Balaban J connectivity index is 1.74. The van der Waals surface area contributed by atoms with Crippen LogP contribution >= 0.6 is 0 Å². The molecule has 0 fully saturated rings. The van der Waals surface area contributed by atoms with E-state index < -0.39 is 12.0 Å². The quantitative estimate of drug-likeness (QED) is 0.268. The SMILES string of the molecule is CCn1c2ccccc2c2cc(-c3nc4cc(OC(=O)O)c(F)cc4n3CCOC)ccc21. The van der Waals surface area contributed by atoms with Crippen LogP contribution in [0.4, 0.5) is 9.18 Å². The van der Waals surface area contributed by atoms with Gasteiger partial charge in [-0.25, -0.2) is 14.2 Å². The second kappa shape index (κ2) is 8.22. The third-order valence-corrected chi connectivity index (χ3v) is 5.86. The van der Waals surface area contributed by atoms with Gasteiger partial charge in [0.05, 0.1) is 17.6 Å². The van der Waals surface area contributed by atoms with E-state index in [0.717, 1.165) is 33.9 Å². The maximum atomic E-state index is 14.6. The molecule has 168 valence electrons. The lowest BCUT2D eigenvalue weighted by atomic mass is 10.1. The molecular formula is C25H22FN3O4. The largest absolute Gasteiger partial charge is 0.511 e. The van der Waals surface area contributed by atoms with Gasteiger partial charge in [0.2, 0.25) is 0 Å². The summed E-state index contributed by atoms with van der Waals surface area (Å²) in [5, 5.41) is 11.2. The molecule has 0 spiro atoms. The zero-order chi connectivity index (χ0) is 23.1. The topological polar surface area (TPSA) is 78.5 Å². The van der Waals surface area contributed by atoms with Crippen LogP contribution in [-0.4, -0.2) is 39.1 Å². The molecule has 0 saturated carbocycles. The maximum absolute atomic E-state index is 14.6. The molecule has 5 rings (SSSR count). The van der Waals surface area contributed by atoms with E-state index in [9.17, 15) is 9.18 Å². The van der Waals surface area contributed by atoms with Gasteiger partial charge in [-0.15, -0.1) is 0 Å². The first-order chi connectivity index (χ1) is 16.0. The van der Waals surface area contributed by atoms with E-state index in [1.54, 1.807) is 7.11 Å². The first kappa shape index (κ1) is 21.0. The van der Waals surface area contributed by atoms with Crippen LogP contribution < -0.4 is 4.74 Å². The third-order valence-electron chi connectivity index (χ3n) is 5.86. The smallest absolute Gasteiger partial charge is 0.449 e. The highest BCUT2D eigenvalue weighted by molar-refractivity contribution is 6.09. The summed E-state index contributed by atoms with van der Waals surface area (Å²) in [5.41, 5.74) is 4.14. The number of hydrogen-bond donors (Lipinski definition) is 1. The monoisotopic (exact) mass is 447 g/mol. The molecule has 0 amide bonds. The first-order valence-electron chi connectivity index (χ1n) is 10.6. The van der Waals surface area contributed by atoms with Crippen LogP contribution in [0, 0.1) is 5.82 Å². The number of aromatic nitrogens is 3. The van der Waals surface area contributed by atoms with Crippen molar-refractivity contribution in [3.8, 4) is 17.1 Å². The molecular weight excluding hydrogens is 425 g/mol. The summed E-state index contributed by atoms with van der Waals surface area (Å²) in [5.74, 6) is -0.500. The molecule has 0 atom stereocenters. The minimum atomic E-state index is -1.58. The second-order valence-corrected chi connectivity index (χ2v) is 7.71. The Kier molecular flexibility index (Phi) is 5.22. The fraction of sp³-hybridized carbons (Fsp3) is 0.200. The fourth-order valence-corrected chi connectivity index (χ4v) is 4.46. The van der Waals surface area contributed by atoms with E-state index in [0.29, 0.717) is 30.0 Å². The molecule has 5 aromatic rings. The van der Waals surface area contributed by atoms with Gasteiger partial charge in [-0.3, -0.25) is 0 Å². The number of imidazole rings is 1. The molecule has 8 heteroatoms. The summed E-state index contributed by atoms with van der Waals surface area (Å²) in [6, 6.07) is 17.0. The van der Waals surface area contributed by atoms with Crippen LogP contribution in [0.15, 0.2) is 54.6 Å². The number of para-hydroxylation sites is 1. The van der Waals surface area contributed by atoms with Gasteiger partial charge in [-0.1, -0.05) is 18.2 Å². The predicted octanol–water partition coefficient (Wildman–Crippen LogP) is 5.67. The van der Waals surface area contributed by atoms with E-state index in [1.165, 1.54) is 12.1 Å². The molecule has 2 heterocycles. The van der Waals surface area contributed by atoms with E-state index in [1.807, 2.05) is 22.8 Å². The Labute approximate surface area is 188 Å². The number of aryl methyl sites for hydroxylation is 1. The summed E-state index contributed by atoms with van der Waals surface area (Å²) in [7, 11) is 1.60. The lowest BCUT2D eigenvalue weighted by molar-refractivity contribution is 0.142. The van der Waals surface area contributed by atoms with Crippen molar-refractivity contribution in [2.75, 3.05) is 13.7 Å². The van der Waals surface area contributed by atoms with Gasteiger partial charge in [0.25, 0.3) is 0 Å². The molecule has 33 heavy (non-hydrogen) atoms. The summed E-state index contributed by atoms with van der Waals surface area (Å²) in [4.78, 5) is 15.6. The van der Waals surface area contributed by atoms with Crippen molar-refractivity contribution in [2.24, 2.45) is 0 Å². The predicted molar refractivity (Wildman–Crippen MR) is 124 cm³/mol. The Bertz CT molecular complexity index is 1520. The van der Waals surface area contributed by atoms with Gasteiger partial charge < -0.3 is 23.7 Å². The number of fused-ring (bicyclic) bond motifs is 4. The Morgan fingerprint density at radius 2 is 1.82 bits per heavy atom. The molecule has 2 aromatic heterocycles. The maximum Gasteiger partial charge on any atom is 0.511 e. The van der Waals surface area contributed by atoms with Gasteiger partial charge in [0.1, 0.15) is 5.82 Å². The molecule has 0 radical (unpaired) electrons. The molecule has 0 saturated heterocycles. The minimum absolute atomic E-state index is 0.376. The van der Waals surface area contributed by atoms with E-state index in [2.05, 4.69) is 40.5 Å². The second-order valence-electron chi connectivity index (χ2n) is 7.71. The molecule has 0 aliphatic heterocycles. The van der Waals surface area contributed by atoms with Crippen molar-refractivity contribution >= 4 is 39.0 Å². The van der Waals surface area contributed by atoms with Crippen LogP contribution in [0.3, 0.4) is 0 Å². The number of halogens is 1. The van der Waals surface area contributed by atoms with E-state index in [4.69, 9.17) is 14.8 Å². The number of benzene rings is 3. The Morgan fingerprint density at radius 1 is 1.03 bits per heavy atom. The standard InChI is InChI=1S/C25H22FN3O4/c1-3-28-20-7-5-4-6-16(20)17-12-15(8-9-21(17)28)24-27-19-14-23(33-25(30)31)18(26)13-22(19)29(24)10-11-32-2/h4-9,12-14H,3,10-11H2,1-2H3,(H,30,31). The first-order valence-corrected chi connectivity index (χ1v) is 10.6. The lowest BCUT2D eigenvalue weighted by Crippen LogP contribution is -2.07. The summed E-state index contributed by atoms with van der Waals surface area (Å²) in [6.45, 7) is 3.83. The molecule has 0 aliphatic rings. The van der Waals surface area contributed by atoms with E-state index in [-0.39, 0.29) is 5.75 Å². The summed E-state index contributed by atoms with van der Waals surface area (Å²) < 4.78 is 28.5. The van der Waals surface area contributed by atoms with Gasteiger partial charge >= 0.3 is 6.16 Å². The van der Waals surface area contributed by atoms with Gasteiger partial charge in [0.15, 0.2) is 11.6 Å². The molecule has 1 N–H and O–H groups in total. The molecule has 0 unspecified atom stereocenters. The highest BCUT2D eigenvalue weighted by Gasteiger charge is 2.19. The Hall–Kier alpha value is -3.91. The van der Waals surface area contributed by atoms with Crippen LogP contribution in [-0.2, 0) is 17.8 Å². The third kappa shape index (κ3) is 3.48. The zero-order valence-electron chi connectivity index (χ0n) is 18.2. The van der Waals surface area contributed by atoms with E-state index >= 15 is 0 Å². The minimum Gasteiger partial charge on any atom is -0.449 e. The van der Waals surface area contributed by atoms with Crippen molar-refractivity contribution in [3.63, 3.8) is 0 Å². The normalized spacial score (nSPS) is 11.6. The van der Waals surface area contributed by atoms with Crippen LogP contribution in [0.25, 0.3) is 44.2 Å². The molecule has 7 nitrogen and oxygen atoms in total. The lowest BCUT2D eigenvalue weighted by Gasteiger charge is -2.10. The van der Waals surface area contributed by atoms with Gasteiger partial charge in [0, 0.05) is 59.7 Å². The summed E-state index contributed by atoms with van der Waals surface area (Å²) >= 11 is 0. The van der Waals surface area contributed by atoms with Crippen LogP contribution in [0.2, 0.25) is 0 Å². The highest BCUT2D eigenvalue weighted by atomic mass is 19.1. The number of carbonyl (C=O) groups is 1. The molecule has 3 aromatic carbocycles. The number of hydrogen-bond acceptors (Lipinski definition) is 4. The average molecular weight is 447 g/mol. The van der Waals surface area contributed by atoms with Gasteiger partial charge in [-0.2, -0.15) is 0 Å². The Morgan fingerprint density at radius 3 is 2.58 bits per heavy atom. The molecule has 0 aliphatic carbocycles. The zero-order valence-corrected chi connectivity index (χ0v) is 18.2. The average Bonchev–Trinajstić information content (AvgIpc) is 3.32. The van der Waals surface area contributed by atoms with Crippen molar-refractivity contribution in [2.45, 2.75) is 20.0 Å². The van der Waals surface area contributed by atoms with Gasteiger partial charge in [-0.05, 0) is 31.2 Å². The number of methoxy groups -OCH3 is 1. The van der Waals surface area contributed by atoms with Crippen LogP contribution in [0.5, 0.6) is 5.75 Å². The summed E-state index contributed by atoms with van der Waals surface area (Å²) in [6.07, 6.45) is -1.58. The number of nitrogens with zero attached hydrogens (tertiary/aromatic N) is 3. The van der Waals surface area contributed by atoms with Crippen molar-refractivity contribution in [1.82, 2.24) is 14.1 Å². The van der Waals surface area contributed by atoms with Crippen LogP contribution in [0.1, 0.15) is 6.92 Å². The van der Waals surface area contributed by atoms with Crippen molar-refractivity contribution < 1.29 is 23.8 Å². The fourth-order valence-electron chi connectivity index (χ4n) is 4.46.